The van der Waals surface area contributed by atoms with E-state index in [1.807, 2.05) is 0 Å². The van der Waals surface area contributed by atoms with Crippen molar-refractivity contribution in [3.8, 4) is 0 Å². The highest BCUT2D eigenvalue weighted by atomic mass is 35.5. The number of carbonyl (C=O) groups excluding carboxylic acids is 2. The Morgan fingerprint density at radius 3 is 2.30 bits per heavy atom. The van der Waals surface area contributed by atoms with Crippen molar-refractivity contribution in [3.63, 3.8) is 0 Å². The Bertz CT molecular complexity index is 1410. The number of carbonyl (C=O) groups is 2. The zero-order valence-electron chi connectivity index (χ0n) is 18.3. The predicted octanol–water partition coefficient (Wildman–Crippen LogP) is 8.24. The number of Topliss-reactive ketones (excluding diaryl/α,β-unsaturated/α-hetero) is 1. The molecule has 2 atom stereocenters. The Labute approximate surface area is 227 Å². The van der Waals surface area contributed by atoms with Crippen molar-refractivity contribution in [2.45, 2.75) is 22.8 Å². The van der Waals surface area contributed by atoms with E-state index in [-0.39, 0.29) is 32.4 Å². The lowest BCUT2D eigenvalue weighted by atomic mass is 10.0. The Balaban J connectivity index is 1.53. The topological polar surface area (TPSA) is 46.2 Å². The molecule has 0 saturated heterocycles. The summed E-state index contributed by atoms with van der Waals surface area (Å²) in [7, 11) is 0. The molecule has 1 aliphatic rings. The van der Waals surface area contributed by atoms with Crippen LogP contribution in [0.25, 0.3) is 0 Å². The number of nitrogens with one attached hydrogen (secondary N) is 1. The van der Waals surface area contributed by atoms with Gasteiger partial charge in [0.15, 0.2) is 5.78 Å². The lowest BCUT2D eigenvalue weighted by Crippen LogP contribution is -2.17. The molecule has 1 amide bonds. The van der Waals surface area contributed by atoms with Gasteiger partial charge >= 0.3 is 6.18 Å². The summed E-state index contributed by atoms with van der Waals surface area (Å²) in [5.41, 5.74) is -0.939. The number of hydrogen-bond donors (Lipinski definition) is 1. The smallest absolute Gasteiger partial charge is 0.326 e. The summed E-state index contributed by atoms with van der Waals surface area (Å²) >= 11 is 24.5. The molecule has 0 bridgehead atoms. The van der Waals surface area contributed by atoms with Gasteiger partial charge in [-0.1, -0.05) is 29.3 Å². The Morgan fingerprint density at radius 1 is 0.946 bits per heavy atom. The molecule has 3 nitrogen and oxygen atoms in total. The predicted molar refractivity (Wildman–Crippen MR) is 132 cm³/mol. The first-order valence-electron chi connectivity index (χ1n) is 10.5. The molecular formula is C25H14Cl4F5NO2. The number of rotatable bonds is 6. The van der Waals surface area contributed by atoms with Gasteiger partial charge in [-0.2, -0.15) is 13.2 Å². The SMILES string of the molecule is O=C(Cc1ccc(F)cc1F)c1cc(NC(=O)C2C(c3cc(Cl)cc(C(F)(F)F)c3)C2(Cl)Cl)ccc1Cl. The van der Waals surface area contributed by atoms with Crippen LogP contribution >= 0.6 is 46.4 Å². The fraction of sp³-hybridized carbons (Fsp3) is 0.200. The van der Waals surface area contributed by atoms with Crippen LogP contribution < -0.4 is 5.32 Å². The Morgan fingerprint density at radius 2 is 1.65 bits per heavy atom. The Hall–Kier alpha value is -2.39. The summed E-state index contributed by atoms with van der Waals surface area (Å²) in [5.74, 6) is -5.11. The molecule has 0 aliphatic heterocycles. The molecule has 3 aromatic rings. The second-order valence-corrected chi connectivity index (χ2v) is 10.7. The average Bonchev–Trinajstić information content (AvgIpc) is 3.38. The molecule has 0 aromatic heterocycles. The van der Waals surface area contributed by atoms with Crippen LogP contribution in [0.3, 0.4) is 0 Å². The third-order valence-corrected chi connectivity index (χ3v) is 7.33. The summed E-state index contributed by atoms with van der Waals surface area (Å²) in [6, 6.07) is 9.60. The van der Waals surface area contributed by atoms with Gasteiger partial charge in [-0.15, -0.1) is 23.2 Å². The molecular weight excluding hydrogens is 583 g/mol. The number of amides is 1. The first-order valence-corrected chi connectivity index (χ1v) is 12.0. The quantitative estimate of drug-likeness (QED) is 0.177. The molecule has 4 rings (SSSR count). The molecule has 2 unspecified atom stereocenters. The summed E-state index contributed by atoms with van der Waals surface area (Å²) in [6.07, 6.45) is -5.09. The largest absolute Gasteiger partial charge is 0.416 e. The van der Waals surface area contributed by atoms with Gasteiger partial charge in [0.1, 0.15) is 16.0 Å². The molecule has 1 saturated carbocycles. The number of anilines is 1. The molecule has 1 aliphatic carbocycles. The van der Waals surface area contributed by atoms with Crippen LogP contribution in [0, 0.1) is 17.6 Å². The number of halogens is 9. The van der Waals surface area contributed by atoms with E-state index in [0.29, 0.717) is 6.07 Å². The van der Waals surface area contributed by atoms with Crippen LogP contribution in [-0.4, -0.2) is 16.0 Å². The molecule has 0 heterocycles. The van der Waals surface area contributed by atoms with Crippen LogP contribution in [0.1, 0.15) is 33.0 Å². The van der Waals surface area contributed by atoms with E-state index in [4.69, 9.17) is 46.4 Å². The highest BCUT2D eigenvalue weighted by Gasteiger charge is 2.67. The van der Waals surface area contributed by atoms with Crippen LogP contribution in [0.2, 0.25) is 10.0 Å². The molecule has 3 aromatic carbocycles. The van der Waals surface area contributed by atoms with E-state index >= 15 is 0 Å². The zero-order chi connectivity index (χ0) is 27.3. The number of hydrogen-bond acceptors (Lipinski definition) is 2. The maximum absolute atomic E-state index is 14.0. The van der Waals surface area contributed by atoms with Crippen molar-refractivity contribution in [2.24, 2.45) is 5.92 Å². The van der Waals surface area contributed by atoms with Crippen molar-refractivity contribution < 1.29 is 31.5 Å². The van der Waals surface area contributed by atoms with Crippen LogP contribution in [-0.2, 0) is 17.4 Å². The molecule has 12 heteroatoms. The number of alkyl halides is 5. The van der Waals surface area contributed by atoms with Gasteiger partial charge in [-0.05, 0) is 53.6 Å². The van der Waals surface area contributed by atoms with Gasteiger partial charge in [0.05, 0.1) is 16.5 Å². The molecule has 1 N–H and O–H groups in total. The summed E-state index contributed by atoms with van der Waals surface area (Å²) in [6.45, 7) is 0. The minimum absolute atomic E-state index is 0.0254. The summed E-state index contributed by atoms with van der Waals surface area (Å²) in [4.78, 5) is 25.7. The summed E-state index contributed by atoms with van der Waals surface area (Å²) < 4.78 is 65.0. The molecule has 0 radical (unpaired) electrons. The van der Waals surface area contributed by atoms with E-state index in [1.54, 1.807) is 0 Å². The lowest BCUT2D eigenvalue weighted by molar-refractivity contribution is -0.137. The van der Waals surface area contributed by atoms with Gasteiger partial charge in [-0.25, -0.2) is 8.78 Å². The zero-order valence-corrected chi connectivity index (χ0v) is 21.3. The van der Waals surface area contributed by atoms with Crippen LogP contribution in [0.5, 0.6) is 0 Å². The second-order valence-electron chi connectivity index (χ2n) is 8.42. The normalized spacial score (nSPS) is 18.4. The fourth-order valence-electron chi connectivity index (χ4n) is 3.99. The van der Waals surface area contributed by atoms with E-state index in [1.165, 1.54) is 24.3 Å². The first-order chi connectivity index (χ1) is 17.2. The van der Waals surface area contributed by atoms with E-state index in [0.717, 1.165) is 24.3 Å². The Kier molecular flexibility index (Phi) is 7.51. The van der Waals surface area contributed by atoms with Crippen molar-refractivity contribution in [2.75, 3.05) is 5.32 Å². The van der Waals surface area contributed by atoms with Crippen molar-refractivity contribution >= 4 is 63.8 Å². The van der Waals surface area contributed by atoms with Gasteiger partial charge < -0.3 is 5.32 Å². The minimum atomic E-state index is -4.67. The van der Waals surface area contributed by atoms with Gasteiger partial charge in [0, 0.05) is 34.7 Å². The lowest BCUT2D eigenvalue weighted by Gasteiger charge is -2.10. The molecule has 194 valence electrons. The van der Waals surface area contributed by atoms with Crippen molar-refractivity contribution in [3.05, 3.63) is 98.5 Å². The maximum atomic E-state index is 14.0. The van der Waals surface area contributed by atoms with Crippen LogP contribution in [0.15, 0.2) is 54.6 Å². The van der Waals surface area contributed by atoms with Gasteiger partial charge in [0.25, 0.3) is 0 Å². The molecule has 0 spiro atoms. The average molecular weight is 597 g/mol. The third kappa shape index (κ3) is 5.87. The molecule has 37 heavy (non-hydrogen) atoms. The van der Waals surface area contributed by atoms with E-state index in [9.17, 15) is 31.5 Å². The van der Waals surface area contributed by atoms with Gasteiger partial charge in [-0.3, -0.25) is 9.59 Å². The highest BCUT2D eigenvalue weighted by Crippen LogP contribution is 2.65. The van der Waals surface area contributed by atoms with Crippen molar-refractivity contribution in [1.82, 2.24) is 0 Å². The third-order valence-electron chi connectivity index (χ3n) is 5.84. The second kappa shape index (κ2) is 10.1. The monoisotopic (exact) mass is 595 g/mol. The highest BCUT2D eigenvalue weighted by molar-refractivity contribution is 6.53. The first kappa shape index (κ1) is 27.6. The van der Waals surface area contributed by atoms with Crippen molar-refractivity contribution in [1.29, 1.82) is 0 Å². The fourth-order valence-corrected chi connectivity index (χ4v) is 5.29. The van der Waals surface area contributed by atoms with E-state index in [2.05, 4.69) is 5.32 Å². The number of benzene rings is 3. The minimum Gasteiger partial charge on any atom is -0.326 e. The standard InChI is InChI=1S/C25H14Cl4F5NO2/c26-14-6-12(5-13(8-14)25(32,33)34)21-22(24(21,28)29)23(37)35-16-3-4-18(27)17(10-16)20(36)7-11-1-2-15(30)9-19(11)31/h1-6,8-10,21-22H,7H2,(H,35,37). The number of ketones is 1. The summed E-state index contributed by atoms with van der Waals surface area (Å²) in [5, 5.41) is 2.36. The van der Waals surface area contributed by atoms with Crippen LogP contribution in [0.4, 0.5) is 27.6 Å². The van der Waals surface area contributed by atoms with E-state index < -0.39 is 57.7 Å². The maximum Gasteiger partial charge on any atom is 0.416 e. The molecule has 1 fully saturated rings. The van der Waals surface area contributed by atoms with Gasteiger partial charge in [0.2, 0.25) is 5.91 Å².